The number of thioether (sulfide) groups is 1. The molecule has 1 heterocycles. The van der Waals surface area contributed by atoms with Crippen LogP contribution in [-0.4, -0.2) is 53.2 Å². The zero-order valence-electron chi connectivity index (χ0n) is 14.4. The van der Waals surface area contributed by atoms with Crippen molar-refractivity contribution >= 4 is 40.9 Å². The van der Waals surface area contributed by atoms with E-state index in [0.29, 0.717) is 5.02 Å². The second kappa shape index (κ2) is 7.97. The van der Waals surface area contributed by atoms with Crippen LogP contribution in [0.1, 0.15) is 18.4 Å². The average Bonchev–Trinajstić information content (AvgIpc) is 3.18. The molecular weight excluding hydrogens is 411 g/mol. The van der Waals surface area contributed by atoms with Gasteiger partial charge in [0.05, 0.1) is 11.4 Å². The second-order valence-corrected chi connectivity index (χ2v) is 9.00. The molecule has 2 aromatic rings. The van der Waals surface area contributed by atoms with E-state index in [1.54, 1.807) is 17.1 Å². The first-order valence-corrected chi connectivity index (χ1v) is 10.1. The third-order valence-electron chi connectivity index (χ3n) is 4.67. The molecule has 3 rings (SSSR count). The molecule has 10 heteroatoms. The van der Waals surface area contributed by atoms with Gasteiger partial charge >= 0.3 is 5.97 Å². The molecule has 0 spiro atoms. The van der Waals surface area contributed by atoms with Crippen molar-refractivity contribution < 1.29 is 15.0 Å². The summed E-state index contributed by atoms with van der Waals surface area (Å²) in [6.07, 6.45) is 4.67. The number of carboxylic acids is 1. The van der Waals surface area contributed by atoms with Gasteiger partial charge in [0.2, 0.25) is 0 Å². The lowest BCUT2D eigenvalue weighted by Crippen LogP contribution is -2.47. The minimum atomic E-state index is -1.22. The highest BCUT2D eigenvalue weighted by atomic mass is 35.5. The molecule has 1 aromatic heterocycles. The van der Waals surface area contributed by atoms with Crippen molar-refractivity contribution in [1.29, 1.82) is 0 Å². The number of nitrogens with two attached hydrogens (primary N) is 1. The number of aliphatic carboxylic acids is 1. The Morgan fingerprint density at radius 3 is 2.78 bits per heavy atom. The molecule has 2 atom stereocenters. The average molecular weight is 431 g/mol. The fourth-order valence-corrected chi connectivity index (χ4v) is 4.26. The fraction of sp³-hybridized carbons (Fsp3) is 0.471. The molecule has 1 unspecified atom stereocenters. The van der Waals surface area contributed by atoms with Crippen LogP contribution in [-0.2, 0) is 17.8 Å². The van der Waals surface area contributed by atoms with E-state index < -0.39 is 22.5 Å². The molecule has 0 radical (unpaired) electrons. The van der Waals surface area contributed by atoms with E-state index in [1.807, 2.05) is 12.1 Å². The van der Waals surface area contributed by atoms with Crippen LogP contribution >= 0.6 is 35.0 Å². The molecule has 27 heavy (non-hydrogen) atoms. The third-order valence-corrected chi connectivity index (χ3v) is 6.86. The van der Waals surface area contributed by atoms with Crippen LogP contribution in [0.4, 0.5) is 0 Å². The second-order valence-electron chi connectivity index (χ2n) is 6.78. The predicted octanol–water partition coefficient (Wildman–Crippen LogP) is 2.18. The van der Waals surface area contributed by atoms with Gasteiger partial charge in [0, 0.05) is 22.1 Å². The first kappa shape index (κ1) is 20.4. The molecule has 0 aliphatic heterocycles. The Balaban J connectivity index is 1.74. The smallest absolute Gasteiger partial charge is 0.321 e. The zero-order valence-corrected chi connectivity index (χ0v) is 16.7. The highest BCUT2D eigenvalue weighted by molar-refractivity contribution is 7.99. The van der Waals surface area contributed by atoms with Gasteiger partial charge in [-0.2, -0.15) is 5.10 Å². The number of hydrogen-bond acceptors (Lipinski definition) is 6. The van der Waals surface area contributed by atoms with E-state index in [9.17, 15) is 9.90 Å². The number of benzene rings is 1. The van der Waals surface area contributed by atoms with Crippen LogP contribution in [0.3, 0.4) is 0 Å². The predicted molar refractivity (Wildman–Crippen MR) is 104 cm³/mol. The van der Waals surface area contributed by atoms with Crippen molar-refractivity contribution in [2.24, 2.45) is 5.73 Å². The Labute approximate surface area is 170 Å². The van der Waals surface area contributed by atoms with Crippen molar-refractivity contribution in [1.82, 2.24) is 14.8 Å². The topological polar surface area (TPSA) is 114 Å². The number of halogens is 2. The van der Waals surface area contributed by atoms with Crippen LogP contribution in [0.2, 0.25) is 5.02 Å². The minimum Gasteiger partial charge on any atom is -0.480 e. The summed E-state index contributed by atoms with van der Waals surface area (Å²) in [4.78, 5) is 14.8. The van der Waals surface area contributed by atoms with Gasteiger partial charge < -0.3 is 15.9 Å². The molecule has 1 fully saturated rings. The standard InChI is InChI=1S/C17H20Cl2N4O3S/c18-13-5-12(27-7-14(20)15(24)25)2-1-11(13)6-17(26,16(19)3-4-16)8-23-10-21-9-22-23/h1-2,5,9-10,14,26H,3-4,6-8,20H2,(H,24,25)/t14-,17?/m0/s1. The number of hydrogen-bond donors (Lipinski definition) is 3. The highest BCUT2D eigenvalue weighted by Gasteiger charge is 2.58. The summed E-state index contributed by atoms with van der Waals surface area (Å²) in [6, 6.07) is 4.47. The van der Waals surface area contributed by atoms with Crippen molar-refractivity contribution in [2.45, 2.75) is 47.2 Å². The Morgan fingerprint density at radius 1 is 1.48 bits per heavy atom. The van der Waals surface area contributed by atoms with E-state index in [2.05, 4.69) is 10.1 Å². The van der Waals surface area contributed by atoms with Gasteiger partial charge in [0.25, 0.3) is 0 Å². The van der Waals surface area contributed by atoms with Crippen molar-refractivity contribution in [2.75, 3.05) is 5.75 Å². The largest absolute Gasteiger partial charge is 0.480 e. The maximum Gasteiger partial charge on any atom is 0.321 e. The van der Waals surface area contributed by atoms with Gasteiger partial charge in [0.15, 0.2) is 0 Å². The Morgan fingerprint density at radius 2 is 2.22 bits per heavy atom. The maximum atomic E-state index is 11.3. The number of carboxylic acid groups (broad SMARTS) is 1. The van der Waals surface area contributed by atoms with Crippen molar-refractivity contribution in [3.8, 4) is 0 Å². The van der Waals surface area contributed by atoms with E-state index >= 15 is 0 Å². The molecule has 1 aliphatic carbocycles. The first-order valence-electron chi connectivity index (χ1n) is 8.36. The summed E-state index contributed by atoms with van der Waals surface area (Å²) >= 11 is 14.3. The van der Waals surface area contributed by atoms with Crippen LogP contribution in [0.5, 0.6) is 0 Å². The number of carbonyl (C=O) groups is 1. The lowest BCUT2D eigenvalue weighted by atomic mass is 9.89. The van der Waals surface area contributed by atoms with Gasteiger partial charge in [-0.15, -0.1) is 23.4 Å². The van der Waals surface area contributed by atoms with Gasteiger partial charge in [0.1, 0.15) is 24.3 Å². The van der Waals surface area contributed by atoms with Gasteiger partial charge in [-0.05, 0) is 30.5 Å². The Bertz CT molecular complexity index is 817. The number of nitrogens with zero attached hydrogens (tertiary/aromatic N) is 3. The summed E-state index contributed by atoms with van der Waals surface area (Å²) in [7, 11) is 0. The van der Waals surface area contributed by atoms with Gasteiger partial charge in [-0.1, -0.05) is 17.7 Å². The number of alkyl halides is 1. The molecule has 1 aromatic carbocycles. The summed E-state index contributed by atoms with van der Waals surface area (Å²) in [5.74, 6) is -0.799. The highest BCUT2D eigenvalue weighted by Crippen LogP contribution is 2.53. The monoisotopic (exact) mass is 430 g/mol. The third kappa shape index (κ3) is 4.75. The van der Waals surface area contributed by atoms with Crippen LogP contribution in [0.15, 0.2) is 35.7 Å². The Hall–Kier alpha value is -1.32. The molecule has 4 N–H and O–H groups in total. The maximum absolute atomic E-state index is 11.3. The fourth-order valence-electron chi connectivity index (χ4n) is 2.85. The molecule has 146 valence electrons. The van der Waals surface area contributed by atoms with Crippen LogP contribution in [0, 0.1) is 0 Å². The molecule has 0 bridgehead atoms. The number of aromatic nitrogens is 3. The number of rotatable bonds is 9. The lowest BCUT2D eigenvalue weighted by Gasteiger charge is -2.33. The van der Waals surface area contributed by atoms with Gasteiger partial charge in [-0.3, -0.25) is 4.79 Å². The minimum absolute atomic E-state index is 0.219. The van der Waals surface area contributed by atoms with Crippen molar-refractivity contribution in [3.63, 3.8) is 0 Å². The lowest BCUT2D eigenvalue weighted by molar-refractivity contribution is -0.137. The van der Waals surface area contributed by atoms with Crippen molar-refractivity contribution in [3.05, 3.63) is 41.4 Å². The van der Waals surface area contributed by atoms with E-state index in [-0.39, 0.29) is 18.7 Å². The van der Waals surface area contributed by atoms with Gasteiger partial charge in [-0.25, -0.2) is 9.67 Å². The quantitative estimate of drug-likeness (QED) is 0.412. The summed E-state index contributed by atoms with van der Waals surface area (Å²) in [5, 5.41) is 24.7. The van der Waals surface area contributed by atoms with E-state index in [0.717, 1.165) is 23.3 Å². The summed E-state index contributed by atoms with van der Waals surface area (Å²) in [5.41, 5.74) is 5.07. The van der Waals surface area contributed by atoms with Crippen LogP contribution in [0.25, 0.3) is 0 Å². The van der Waals surface area contributed by atoms with E-state index in [4.69, 9.17) is 34.0 Å². The number of aliphatic hydroxyl groups is 1. The molecule has 1 aliphatic rings. The van der Waals surface area contributed by atoms with Crippen LogP contribution < -0.4 is 5.73 Å². The summed E-state index contributed by atoms with van der Waals surface area (Å²) in [6.45, 7) is 0.219. The first-order chi connectivity index (χ1) is 12.7. The molecule has 0 amide bonds. The summed E-state index contributed by atoms with van der Waals surface area (Å²) < 4.78 is 1.56. The SMILES string of the molecule is N[C@@H](CSc1ccc(CC(O)(Cn2cncn2)C2(Cl)CC2)c(Cl)c1)C(=O)O. The Kier molecular flexibility index (Phi) is 6.02. The zero-order chi connectivity index (χ0) is 19.7. The van der Waals surface area contributed by atoms with E-state index in [1.165, 1.54) is 18.1 Å². The molecule has 1 saturated carbocycles. The molecular formula is C17H20Cl2N4O3S. The molecule has 7 nitrogen and oxygen atoms in total. The normalized spacial score (nSPS) is 18.7. The molecule has 0 saturated heterocycles.